The Morgan fingerprint density at radius 2 is 1.97 bits per heavy atom. The second-order valence-electron chi connectivity index (χ2n) is 7.62. The molecule has 0 saturated carbocycles. The Kier molecular flexibility index (Phi) is 6.60. The number of nitrogens with one attached hydrogen (secondary N) is 1. The molecule has 2 aromatic carbocycles. The van der Waals surface area contributed by atoms with Crippen molar-refractivity contribution in [3.63, 3.8) is 0 Å². The van der Waals surface area contributed by atoms with Crippen molar-refractivity contribution in [2.45, 2.75) is 27.1 Å². The van der Waals surface area contributed by atoms with Crippen molar-refractivity contribution in [3.8, 4) is 5.75 Å². The summed E-state index contributed by atoms with van der Waals surface area (Å²) in [5.41, 5.74) is 3.75. The summed E-state index contributed by atoms with van der Waals surface area (Å²) in [4.78, 5) is 22.9. The summed E-state index contributed by atoms with van der Waals surface area (Å²) in [6, 6.07) is 15.0. The molecule has 4 aromatic rings. The van der Waals surface area contributed by atoms with Crippen LogP contribution in [0.5, 0.6) is 5.75 Å². The van der Waals surface area contributed by atoms with Crippen molar-refractivity contribution in [2.75, 3.05) is 5.32 Å². The molecule has 34 heavy (non-hydrogen) atoms. The number of carbonyl (C=O) groups is 1. The number of halogens is 1. The summed E-state index contributed by atoms with van der Waals surface area (Å²) in [5, 5.41) is 22.4. The fourth-order valence-corrected chi connectivity index (χ4v) is 3.59. The number of hydrogen-bond donors (Lipinski definition) is 1. The van der Waals surface area contributed by atoms with E-state index in [1.165, 1.54) is 22.9 Å². The van der Waals surface area contributed by atoms with Gasteiger partial charge < -0.3 is 10.1 Å². The fraction of sp³-hybridized carbons (Fsp3) is 0.174. The first-order chi connectivity index (χ1) is 16.3. The van der Waals surface area contributed by atoms with Crippen molar-refractivity contribution in [3.05, 3.63) is 98.6 Å². The fourth-order valence-electron chi connectivity index (χ4n) is 3.36. The molecule has 4 rings (SSSR count). The highest BCUT2D eigenvalue weighted by molar-refractivity contribution is 6.32. The highest BCUT2D eigenvalue weighted by atomic mass is 35.5. The van der Waals surface area contributed by atoms with Crippen LogP contribution >= 0.6 is 11.6 Å². The number of anilines is 1. The standard InChI is InChI=1S/C23H21ClN6O4/c1-15-10-16(2)29(26-15)13-17-4-3-5-18(11-17)25-23(31)21-8-9-28(27-21)14-34-22-7-6-19(30(32)33)12-20(22)24/h3-12H,13-14H2,1-2H3,(H,25,31). The van der Waals surface area contributed by atoms with E-state index in [4.69, 9.17) is 16.3 Å². The van der Waals surface area contributed by atoms with Gasteiger partial charge in [-0.05, 0) is 49.7 Å². The molecule has 0 bridgehead atoms. The SMILES string of the molecule is Cc1cc(C)n(Cc2cccc(NC(=O)c3ccn(COc4ccc([N+](=O)[O-])cc4Cl)n3)c2)n1. The number of hydrogen-bond acceptors (Lipinski definition) is 6. The summed E-state index contributed by atoms with van der Waals surface area (Å²) in [7, 11) is 0. The molecule has 0 fully saturated rings. The lowest BCUT2D eigenvalue weighted by Crippen LogP contribution is -2.14. The van der Waals surface area contributed by atoms with E-state index in [2.05, 4.69) is 15.5 Å². The van der Waals surface area contributed by atoms with Gasteiger partial charge in [-0.15, -0.1) is 0 Å². The van der Waals surface area contributed by atoms with Gasteiger partial charge in [0.1, 0.15) is 5.75 Å². The minimum absolute atomic E-state index is 0.0249. The van der Waals surface area contributed by atoms with Gasteiger partial charge in [-0.25, -0.2) is 4.68 Å². The van der Waals surface area contributed by atoms with Gasteiger partial charge >= 0.3 is 0 Å². The molecule has 0 saturated heterocycles. The lowest BCUT2D eigenvalue weighted by atomic mass is 10.2. The van der Waals surface area contributed by atoms with Crippen LogP contribution in [0, 0.1) is 24.0 Å². The van der Waals surface area contributed by atoms with E-state index in [1.807, 2.05) is 42.8 Å². The van der Waals surface area contributed by atoms with E-state index in [0.717, 1.165) is 17.0 Å². The van der Waals surface area contributed by atoms with Gasteiger partial charge in [-0.1, -0.05) is 23.7 Å². The Hall–Kier alpha value is -4.18. The van der Waals surface area contributed by atoms with E-state index in [-0.39, 0.29) is 34.8 Å². The zero-order valence-electron chi connectivity index (χ0n) is 18.4. The molecule has 2 aromatic heterocycles. The Morgan fingerprint density at radius 1 is 1.15 bits per heavy atom. The first-order valence-corrected chi connectivity index (χ1v) is 10.7. The smallest absolute Gasteiger partial charge is 0.276 e. The van der Waals surface area contributed by atoms with Crippen LogP contribution in [0.1, 0.15) is 27.4 Å². The van der Waals surface area contributed by atoms with E-state index in [1.54, 1.807) is 18.3 Å². The summed E-state index contributed by atoms with van der Waals surface area (Å²) in [6.07, 6.45) is 1.59. The molecular formula is C23H21ClN6O4. The molecule has 10 nitrogen and oxygen atoms in total. The van der Waals surface area contributed by atoms with Crippen LogP contribution < -0.4 is 10.1 Å². The highest BCUT2D eigenvalue weighted by Gasteiger charge is 2.13. The first-order valence-electron chi connectivity index (χ1n) is 10.3. The van der Waals surface area contributed by atoms with Crippen LogP contribution in [0.3, 0.4) is 0 Å². The average Bonchev–Trinajstić information content (AvgIpc) is 3.39. The molecule has 0 aliphatic rings. The number of aromatic nitrogens is 4. The molecule has 11 heteroatoms. The number of benzene rings is 2. The van der Waals surface area contributed by atoms with Gasteiger partial charge in [0.05, 0.1) is 22.2 Å². The first kappa shape index (κ1) is 23.0. The highest BCUT2D eigenvalue weighted by Crippen LogP contribution is 2.28. The predicted octanol–water partition coefficient (Wildman–Crippen LogP) is 4.60. The maximum absolute atomic E-state index is 12.7. The third-order valence-electron chi connectivity index (χ3n) is 4.97. The number of aryl methyl sites for hydroxylation is 2. The summed E-state index contributed by atoms with van der Waals surface area (Å²) < 4.78 is 8.89. The lowest BCUT2D eigenvalue weighted by Gasteiger charge is -2.09. The molecule has 0 aliphatic carbocycles. The van der Waals surface area contributed by atoms with Crippen LogP contribution in [-0.4, -0.2) is 30.4 Å². The average molecular weight is 481 g/mol. The summed E-state index contributed by atoms with van der Waals surface area (Å²) in [6.45, 7) is 4.52. The monoisotopic (exact) mass is 480 g/mol. The van der Waals surface area contributed by atoms with Crippen LogP contribution in [0.2, 0.25) is 5.02 Å². The normalized spacial score (nSPS) is 10.8. The number of non-ortho nitro benzene ring substituents is 1. The quantitative estimate of drug-likeness (QED) is 0.291. The molecule has 0 aliphatic heterocycles. The molecular weight excluding hydrogens is 460 g/mol. The van der Waals surface area contributed by atoms with Crippen LogP contribution in [-0.2, 0) is 13.3 Å². The van der Waals surface area contributed by atoms with Crippen molar-refractivity contribution < 1.29 is 14.5 Å². The molecule has 0 radical (unpaired) electrons. The zero-order valence-corrected chi connectivity index (χ0v) is 19.2. The Balaban J connectivity index is 1.37. The third kappa shape index (κ3) is 5.41. The molecule has 0 spiro atoms. The van der Waals surface area contributed by atoms with Gasteiger partial charge in [0.15, 0.2) is 12.4 Å². The molecule has 2 heterocycles. The van der Waals surface area contributed by atoms with Crippen molar-refractivity contribution in [2.24, 2.45) is 0 Å². The maximum atomic E-state index is 12.7. The second kappa shape index (κ2) is 9.75. The van der Waals surface area contributed by atoms with Gasteiger partial charge in [0.2, 0.25) is 0 Å². The number of nitro groups is 1. The number of ether oxygens (including phenoxy) is 1. The van der Waals surface area contributed by atoms with E-state index in [9.17, 15) is 14.9 Å². The van der Waals surface area contributed by atoms with E-state index in [0.29, 0.717) is 12.2 Å². The number of amides is 1. The van der Waals surface area contributed by atoms with Gasteiger partial charge in [-0.3, -0.25) is 19.6 Å². The van der Waals surface area contributed by atoms with Gasteiger partial charge in [-0.2, -0.15) is 10.2 Å². The van der Waals surface area contributed by atoms with Crippen LogP contribution in [0.25, 0.3) is 0 Å². The predicted molar refractivity (Wildman–Crippen MR) is 126 cm³/mol. The summed E-state index contributed by atoms with van der Waals surface area (Å²) >= 11 is 6.03. The number of nitrogens with zero attached hydrogens (tertiary/aromatic N) is 5. The summed E-state index contributed by atoms with van der Waals surface area (Å²) in [5.74, 6) is -0.0939. The van der Waals surface area contributed by atoms with E-state index < -0.39 is 4.92 Å². The van der Waals surface area contributed by atoms with Gasteiger partial charge in [0, 0.05) is 29.7 Å². The molecule has 174 valence electrons. The molecule has 1 N–H and O–H groups in total. The van der Waals surface area contributed by atoms with Crippen LogP contribution in [0.15, 0.2) is 60.8 Å². The van der Waals surface area contributed by atoms with E-state index >= 15 is 0 Å². The van der Waals surface area contributed by atoms with Crippen molar-refractivity contribution >= 4 is 28.9 Å². The van der Waals surface area contributed by atoms with Crippen LogP contribution in [0.4, 0.5) is 11.4 Å². The lowest BCUT2D eigenvalue weighted by molar-refractivity contribution is -0.384. The van der Waals surface area contributed by atoms with Crippen molar-refractivity contribution in [1.82, 2.24) is 19.6 Å². The third-order valence-corrected chi connectivity index (χ3v) is 5.27. The Labute approximate surface area is 199 Å². The Morgan fingerprint density at radius 3 is 2.68 bits per heavy atom. The second-order valence-corrected chi connectivity index (χ2v) is 8.03. The number of carbonyl (C=O) groups excluding carboxylic acids is 1. The molecule has 0 atom stereocenters. The topological polar surface area (TPSA) is 117 Å². The largest absolute Gasteiger partial charge is 0.470 e. The Bertz CT molecular complexity index is 1360. The van der Waals surface area contributed by atoms with Gasteiger partial charge in [0.25, 0.3) is 11.6 Å². The number of rotatable bonds is 8. The van der Waals surface area contributed by atoms with Crippen molar-refractivity contribution in [1.29, 1.82) is 0 Å². The molecule has 0 unspecified atom stereocenters. The molecule has 1 amide bonds. The number of nitro benzene ring substituents is 1. The zero-order chi connectivity index (χ0) is 24.2. The minimum atomic E-state index is -0.539. The minimum Gasteiger partial charge on any atom is -0.470 e. The maximum Gasteiger partial charge on any atom is 0.276 e.